The third-order valence-corrected chi connectivity index (χ3v) is 5.45. The first kappa shape index (κ1) is 22.5. The van der Waals surface area contributed by atoms with E-state index in [9.17, 15) is 4.79 Å². The first-order valence-corrected chi connectivity index (χ1v) is 10.1. The summed E-state index contributed by atoms with van der Waals surface area (Å²) in [6.45, 7) is 8.20. The minimum absolute atomic E-state index is 0.159. The van der Waals surface area contributed by atoms with Gasteiger partial charge in [0.2, 0.25) is 0 Å². The Morgan fingerprint density at radius 1 is 1.16 bits per heavy atom. The summed E-state index contributed by atoms with van der Waals surface area (Å²) in [5.74, 6) is 0. The number of hydrogen-bond donors (Lipinski definition) is 1. The molecule has 7 nitrogen and oxygen atoms in total. The highest BCUT2D eigenvalue weighted by molar-refractivity contribution is 6.56. The molecule has 0 aliphatic carbocycles. The number of benzene rings is 1. The van der Waals surface area contributed by atoms with Gasteiger partial charge in [0.25, 0.3) is 0 Å². The summed E-state index contributed by atoms with van der Waals surface area (Å²) in [4.78, 5) is 16.5. The third-order valence-electron chi connectivity index (χ3n) is 5.45. The molecule has 3 rings (SSSR count). The van der Waals surface area contributed by atoms with E-state index in [-0.39, 0.29) is 13.2 Å². The van der Waals surface area contributed by atoms with E-state index in [1.165, 1.54) is 6.20 Å². The van der Waals surface area contributed by atoms with Gasteiger partial charge in [-0.25, -0.2) is 4.79 Å². The summed E-state index contributed by atoms with van der Waals surface area (Å²) in [6.07, 6.45) is 2.75. The number of hydrogen-bond acceptors (Lipinski definition) is 6. The second-order valence-electron chi connectivity index (χ2n) is 8.31. The first-order valence-electron chi connectivity index (χ1n) is 10.1. The van der Waals surface area contributed by atoms with Gasteiger partial charge in [0.15, 0.2) is 0 Å². The van der Waals surface area contributed by atoms with Crippen molar-refractivity contribution in [2.24, 2.45) is 0 Å². The topological polar surface area (TPSA) is 93.5 Å². The van der Waals surface area contributed by atoms with Gasteiger partial charge in [-0.15, -0.1) is 0 Å². The van der Waals surface area contributed by atoms with Crippen LogP contribution in [0, 0.1) is 11.3 Å². The molecule has 1 saturated heterocycles. The predicted octanol–water partition coefficient (Wildman–Crippen LogP) is 3.89. The normalized spacial score (nSPS) is 17.1. The second-order valence-corrected chi connectivity index (χ2v) is 8.31. The lowest BCUT2D eigenvalue weighted by Gasteiger charge is -2.32. The highest BCUT2D eigenvalue weighted by atomic mass is 16.7. The van der Waals surface area contributed by atoms with Gasteiger partial charge < -0.3 is 19.4 Å². The van der Waals surface area contributed by atoms with Crippen LogP contribution < -0.4 is 5.32 Å². The maximum Gasteiger partial charge on any atom is 0.492 e. The maximum absolute atomic E-state index is 12.2. The molecule has 0 radical (unpaired) electrons. The molecule has 0 atom stereocenters. The number of carbonyl (C=O) groups is 1. The Morgan fingerprint density at radius 2 is 1.84 bits per heavy atom. The summed E-state index contributed by atoms with van der Waals surface area (Å²) in [7, 11) is -0.656. The van der Waals surface area contributed by atoms with Gasteiger partial charge in [-0.05, 0) is 56.9 Å². The van der Waals surface area contributed by atoms with Gasteiger partial charge >= 0.3 is 13.2 Å². The Balaban J connectivity index is 1.72. The lowest BCUT2D eigenvalue weighted by Crippen LogP contribution is -2.41. The van der Waals surface area contributed by atoms with Crippen molar-refractivity contribution in [1.82, 2.24) is 10.3 Å². The van der Waals surface area contributed by atoms with Crippen LogP contribution in [0.2, 0.25) is 0 Å². The highest BCUT2D eigenvalue weighted by Crippen LogP contribution is 2.38. The number of nitriles is 1. The smallest absolute Gasteiger partial charge is 0.445 e. The largest absolute Gasteiger partial charge is 0.492 e. The van der Waals surface area contributed by atoms with Crippen molar-refractivity contribution in [3.8, 4) is 6.07 Å². The Bertz CT molecular complexity index is 966. The quantitative estimate of drug-likeness (QED) is 0.714. The molecular weight excluding hydrogens is 393 g/mol. The molecule has 0 unspecified atom stereocenters. The van der Waals surface area contributed by atoms with Crippen molar-refractivity contribution in [3.63, 3.8) is 0 Å². The molecule has 1 amide bonds. The Labute approximate surface area is 183 Å². The van der Waals surface area contributed by atoms with Crippen LogP contribution in [0.15, 0.2) is 54.1 Å². The van der Waals surface area contributed by atoms with E-state index in [4.69, 9.17) is 19.3 Å². The minimum Gasteiger partial charge on any atom is -0.445 e. The van der Waals surface area contributed by atoms with Gasteiger partial charge in [0.05, 0.1) is 22.5 Å². The van der Waals surface area contributed by atoms with Crippen LogP contribution in [-0.4, -0.2) is 35.9 Å². The van der Waals surface area contributed by atoms with E-state index in [1.807, 2.05) is 64.1 Å². The molecule has 1 N–H and O–H groups in total. The van der Waals surface area contributed by atoms with Gasteiger partial charge in [0.1, 0.15) is 12.7 Å². The third kappa shape index (κ3) is 5.72. The summed E-state index contributed by atoms with van der Waals surface area (Å²) in [6, 6.07) is 14.9. The van der Waals surface area contributed by atoms with E-state index in [0.717, 1.165) is 5.56 Å². The first-order chi connectivity index (χ1) is 14.7. The van der Waals surface area contributed by atoms with E-state index < -0.39 is 24.4 Å². The predicted molar refractivity (Wildman–Crippen MR) is 118 cm³/mol. The van der Waals surface area contributed by atoms with Crippen LogP contribution in [0.1, 0.15) is 44.5 Å². The van der Waals surface area contributed by atoms with Crippen molar-refractivity contribution in [1.29, 1.82) is 5.26 Å². The highest BCUT2D eigenvalue weighted by Gasteiger charge is 2.52. The fourth-order valence-electron chi connectivity index (χ4n) is 2.89. The fourth-order valence-corrected chi connectivity index (χ4v) is 2.89. The lowest BCUT2D eigenvalue weighted by molar-refractivity contribution is 0.00578. The van der Waals surface area contributed by atoms with E-state index >= 15 is 0 Å². The van der Waals surface area contributed by atoms with Crippen molar-refractivity contribution < 1.29 is 18.8 Å². The molecule has 0 saturated carbocycles. The van der Waals surface area contributed by atoms with Crippen LogP contribution in [-0.2, 0) is 20.7 Å². The zero-order chi connectivity index (χ0) is 22.5. The molecule has 1 aliphatic rings. The average molecular weight is 419 g/mol. The van der Waals surface area contributed by atoms with Crippen LogP contribution in [0.25, 0.3) is 6.08 Å². The molecule has 0 bridgehead atoms. The number of pyridine rings is 1. The number of amides is 1. The average Bonchev–Trinajstić information content (AvgIpc) is 2.97. The van der Waals surface area contributed by atoms with Crippen LogP contribution in [0.3, 0.4) is 0 Å². The molecule has 1 aromatic carbocycles. The number of rotatable bonds is 6. The van der Waals surface area contributed by atoms with E-state index in [1.54, 1.807) is 18.2 Å². The Kier molecular flexibility index (Phi) is 6.79. The molecule has 0 spiro atoms. The molecule has 1 fully saturated rings. The maximum atomic E-state index is 12.2. The van der Waals surface area contributed by atoms with Gasteiger partial charge in [0, 0.05) is 12.7 Å². The molecule has 31 heavy (non-hydrogen) atoms. The number of nitrogens with zero attached hydrogens (tertiary/aromatic N) is 2. The van der Waals surface area contributed by atoms with Crippen LogP contribution in [0.4, 0.5) is 4.79 Å². The van der Waals surface area contributed by atoms with Gasteiger partial charge in [-0.2, -0.15) is 5.26 Å². The molecule has 1 aromatic heterocycles. The minimum atomic E-state index is -0.656. The van der Waals surface area contributed by atoms with Crippen molar-refractivity contribution in [3.05, 3.63) is 71.0 Å². The number of carbonyl (C=O) groups excluding carboxylic acids is 1. The molecule has 2 heterocycles. The van der Waals surface area contributed by atoms with Gasteiger partial charge in [-0.3, -0.25) is 4.98 Å². The fraction of sp³-hybridized carbons (Fsp3) is 0.348. The molecular formula is C23H26BN3O4. The second kappa shape index (κ2) is 9.33. The summed E-state index contributed by atoms with van der Waals surface area (Å²) in [5, 5.41) is 11.7. The zero-order valence-electron chi connectivity index (χ0n) is 18.2. The van der Waals surface area contributed by atoms with Crippen LogP contribution >= 0.6 is 0 Å². The lowest BCUT2D eigenvalue weighted by atomic mass is 9.77. The van der Waals surface area contributed by atoms with E-state index in [2.05, 4.69) is 10.3 Å². The zero-order valence-corrected chi connectivity index (χ0v) is 18.2. The van der Waals surface area contributed by atoms with Crippen molar-refractivity contribution in [2.45, 2.75) is 45.5 Å². The van der Waals surface area contributed by atoms with Crippen molar-refractivity contribution in [2.75, 3.05) is 6.54 Å². The molecule has 8 heteroatoms. The molecule has 2 aromatic rings. The van der Waals surface area contributed by atoms with Gasteiger partial charge in [-0.1, -0.05) is 30.3 Å². The number of nitrogens with one attached hydrogen (secondary N) is 1. The van der Waals surface area contributed by atoms with E-state index in [0.29, 0.717) is 16.7 Å². The van der Waals surface area contributed by atoms with Crippen LogP contribution in [0.5, 0.6) is 0 Å². The Morgan fingerprint density at radius 3 is 2.42 bits per heavy atom. The number of ether oxygens (including phenoxy) is 1. The SMILES string of the molecule is CC1(C)OB(C(=Cc2ccc(C#N)cn2)CNC(=O)OCc2ccccc2)OC1(C)C. The summed E-state index contributed by atoms with van der Waals surface area (Å²) >= 11 is 0. The molecule has 1 aliphatic heterocycles. The summed E-state index contributed by atoms with van der Waals surface area (Å²) < 4.78 is 17.6. The Hall–Kier alpha value is -3.15. The summed E-state index contributed by atoms with van der Waals surface area (Å²) in [5.41, 5.74) is 1.64. The molecule has 160 valence electrons. The standard InChI is InChI=1S/C23H26BN3O4/c1-22(2)23(3,4)31-24(30-22)19(12-20-11-10-18(13-25)14-26-20)15-27-21(28)29-16-17-8-6-5-7-9-17/h5-12,14H,15-16H2,1-4H3,(H,27,28). The monoisotopic (exact) mass is 419 g/mol. The van der Waals surface area contributed by atoms with Crippen molar-refractivity contribution >= 4 is 19.3 Å². The number of aromatic nitrogens is 1. The number of alkyl carbamates (subject to hydrolysis) is 1.